The summed E-state index contributed by atoms with van der Waals surface area (Å²) in [5, 5.41) is 3.46. The number of ether oxygens (including phenoxy) is 1. The minimum Gasteiger partial charge on any atom is -0.469 e. The van der Waals surface area contributed by atoms with Crippen LogP contribution in [0.5, 0.6) is 0 Å². The Kier molecular flexibility index (Phi) is 4.74. The minimum atomic E-state index is -0.440. The molecule has 0 radical (unpaired) electrons. The van der Waals surface area contributed by atoms with E-state index in [9.17, 15) is 4.79 Å². The first-order valence-electron chi connectivity index (χ1n) is 5.96. The molecule has 4 nitrogen and oxygen atoms in total. The van der Waals surface area contributed by atoms with E-state index >= 15 is 0 Å². The van der Waals surface area contributed by atoms with E-state index in [-0.39, 0.29) is 5.97 Å². The van der Waals surface area contributed by atoms with Gasteiger partial charge in [-0.1, -0.05) is 0 Å². The van der Waals surface area contributed by atoms with E-state index in [0.717, 1.165) is 6.54 Å². The Hall–Kier alpha value is -0.610. The normalized spacial score (nSPS) is 23.1. The molecule has 0 aromatic rings. The first-order valence-corrected chi connectivity index (χ1v) is 5.96. The lowest BCUT2D eigenvalue weighted by atomic mass is 9.93. The van der Waals surface area contributed by atoms with Crippen molar-refractivity contribution in [1.29, 1.82) is 0 Å². The topological polar surface area (TPSA) is 41.6 Å². The van der Waals surface area contributed by atoms with Crippen LogP contribution in [0.25, 0.3) is 0 Å². The monoisotopic (exact) mass is 228 g/mol. The summed E-state index contributed by atoms with van der Waals surface area (Å²) >= 11 is 0. The number of carbonyl (C=O) groups excluding carboxylic acids is 1. The SMILES string of the molecule is COC(=O)C(C)(C)CNC1CCCN(C)C1. The number of esters is 1. The summed E-state index contributed by atoms with van der Waals surface area (Å²) < 4.78 is 4.79. The van der Waals surface area contributed by atoms with Gasteiger partial charge in [0.05, 0.1) is 12.5 Å². The van der Waals surface area contributed by atoms with Gasteiger partial charge in [0.1, 0.15) is 0 Å². The van der Waals surface area contributed by atoms with Crippen molar-refractivity contribution in [2.75, 3.05) is 33.8 Å². The predicted octanol–water partition coefficient (Wildman–Crippen LogP) is 0.869. The molecule has 0 saturated carbocycles. The first-order chi connectivity index (χ1) is 7.45. The number of hydrogen-bond donors (Lipinski definition) is 1. The molecule has 1 aliphatic heterocycles. The van der Waals surface area contributed by atoms with Gasteiger partial charge in [0.2, 0.25) is 0 Å². The van der Waals surface area contributed by atoms with Gasteiger partial charge in [-0.2, -0.15) is 0 Å². The van der Waals surface area contributed by atoms with Crippen LogP contribution in [0.4, 0.5) is 0 Å². The fourth-order valence-corrected chi connectivity index (χ4v) is 2.08. The number of nitrogens with one attached hydrogen (secondary N) is 1. The van der Waals surface area contributed by atoms with E-state index in [1.54, 1.807) is 0 Å². The van der Waals surface area contributed by atoms with Crippen LogP contribution < -0.4 is 5.32 Å². The highest BCUT2D eigenvalue weighted by atomic mass is 16.5. The Labute approximate surface area is 98.3 Å². The predicted molar refractivity (Wildman–Crippen MR) is 64.3 cm³/mol. The summed E-state index contributed by atoms with van der Waals surface area (Å²) in [5.74, 6) is -0.149. The molecule has 1 unspecified atom stereocenters. The lowest BCUT2D eigenvalue weighted by molar-refractivity contribution is -0.150. The molecule has 4 heteroatoms. The maximum absolute atomic E-state index is 11.5. The van der Waals surface area contributed by atoms with Crippen LogP contribution in [0.3, 0.4) is 0 Å². The number of rotatable bonds is 4. The van der Waals surface area contributed by atoms with E-state index in [0.29, 0.717) is 12.6 Å². The average Bonchev–Trinajstić information content (AvgIpc) is 2.25. The van der Waals surface area contributed by atoms with Crippen molar-refractivity contribution in [3.8, 4) is 0 Å². The molecule has 0 spiro atoms. The van der Waals surface area contributed by atoms with E-state index in [1.165, 1.54) is 26.5 Å². The molecule has 1 rings (SSSR count). The highest BCUT2D eigenvalue weighted by Crippen LogP contribution is 2.17. The van der Waals surface area contributed by atoms with E-state index in [4.69, 9.17) is 4.74 Å². The summed E-state index contributed by atoms with van der Waals surface area (Å²) in [6.45, 7) is 6.75. The Morgan fingerprint density at radius 1 is 1.56 bits per heavy atom. The number of piperidine rings is 1. The summed E-state index contributed by atoms with van der Waals surface area (Å²) in [4.78, 5) is 13.8. The maximum atomic E-state index is 11.5. The van der Waals surface area contributed by atoms with Gasteiger partial charge in [-0.05, 0) is 40.3 Å². The summed E-state index contributed by atoms with van der Waals surface area (Å²) in [7, 11) is 3.58. The summed E-state index contributed by atoms with van der Waals surface area (Å²) in [6.07, 6.45) is 2.43. The van der Waals surface area contributed by atoms with Gasteiger partial charge in [-0.15, -0.1) is 0 Å². The van der Waals surface area contributed by atoms with Crippen molar-refractivity contribution in [1.82, 2.24) is 10.2 Å². The molecule has 1 saturated heterocycles. The van der Waals surface area contributed by atoms with Gasteiger partial charge in [0.15, 0.2) is 0 Å². The van der Waals surface area contributed by atoms with Crippen molar-refractivity contribution in [2.45, 2.75) is 32.7 Å². The number of likely N-dealkylation sites (tertiary alicyclic amines) is 1. The number of methoxy groups -OCH3 is 1. The van der Waals surface area contributed by atoms with Crippen LogP contribution in [-0.4, -0.2) is 50.7 Å². The van der Waals surface area contributed by atoms with Gasteiger partial charge in [-0.25, -0.2) is 0 Å². The van der Waals surface area contributed by atoms with E-state index in [1.807, 2.05) is 13.8 Å². The molecule has 0 aliphatic carbocycles. The zero-order valence-corrected chi connectivity index (χ0v) is 10.9. The molecule has 16 heavy (non-hydrogen) atoms. The zero-order valence-electron chi connectivity index (χ0n) is 10.9. The summed E-state index contributed by atoms with van der Waals surface area (Å²) in [6, 6.07) is 0.502. The van der Waals surface area contributed by atoms with Crippen LogP contribution in [0, 0.1) is 5.41 Å². The molecule has 0 aromatic heterocycles. The third kappa shape index (κ3) is 3.76. The van der Waals surface area contributed by atoms with Crippen molar-refractivity contribution in [2.24, 2.45) is 5.41 Å². The van der Waals surface area contributed by atoms with Crippen molar-refractivity contribution >= 4 is 5.97 Å². The van der Waals surface area contributed by atoms with Crippen molar-refractivity contribution in [3.63, 3.8) is 0 Å². The standard InChI is InChI=1S/C12H24N2O2/c1-12(2,11(15)16-4)9-13-10-6-5-7-14(3)8-10/h10,13H,5-9H2,1-4H3. The molecule has 1 aliphatic rings. The number of likely N-dealkylation sites (N-methyl/N-ethyl adjacent to an activating group) is 1. The molecular formula is C12H24N2O2. The van der Waals surface area contributed by atoms with Gasteiger partial charge < -0.3 is 15.0 Å². The Morgan fingerprint density at radius 2 is 2.25 bits per heavy atom. The zero-order chi connectivity index (χ0) is 12.2. The van der Waals surface area contributed by atoms with Crippen LogP contribution in [-0.2, 0) is 9.53 Å². The lowest BCUT2D eigenvalue weighted by Gasteiger charge is -2.32. The van der Waals surface area contributed by atoms with Gasteiger partial charge in [0.25, 0.3) is 0 Å². The molecular weight excluding hydrogens is 204 g/mol. The largest absolute Gasteiger partial charge is 0.469 e. The first kappa shape index (κ1) is 13.5. The Balaban J connectivity index is 2.35. The summed E-state index contributed by atoms with van der Waals surface area (Å²) in [5.41, 5.74) is -0.440. The lowest BCUT2D eigenvalue weighted by Crippen LogP contribution is -2.48. The molecule has 1 N–H and O–H groups in total. The van der Waals surface area contributed by atoms with Crippen LogP contribution >= 0.6 is 0 Å². The molecule has 0 amide bonds. The third-order valence-corrected chi connectivity index (χ3v) is 3.20. The second kappa shape index (κ2) is 5.64. The molecule has 0 bridgehead atoms. The molecule has 1 fully saturated rings. The fourth-order valence-electron chi connectivity index (χ4n) is 2.08. The van der Waals surface area contributed by atoms with E-state index in [2.05, 4.69) is 17.3 Å². The molecule has 0 aromatic carbocycles. The van der Waals surface area contributed by atoms with Gasteiger partial charge in [0, 0.05) is 19.1 Å². The second-order valence-corrected chi connectivity index (χ2v) is 5.36. The van der Waals surface area contributed by atoms with E-state index < -0.39 is 5.41 Å². The highest BCUT2D eigenvalue weighted by molar-refractivity contribution is 5.76. The maximum Gasteiger partial charge on any atom is 0.312 e. The minimum absolute atomic E-state index is 0.149. The average molecular weight is 228 g/mol. The number of carbonyl (C=O) groups is 1. The third-order valence-electron chi connectivity index (χ3n) is 3.20. The quantitative estimate of drug-likeness (QED) is 0.725. The van der Waals surface area contributed by atoms with Crippen LogP contribution in [0.1, 0.15) is 26.7 Å². The van der Waals surface area contributed by atoms with Gasteiger partial charge in [-0.3, -0.25) is 4.79 Å². The molecule has 1 atom stereocenters. The number of nitrogens with zero attached hydrogens (tertiary/aromatic N) is 1. The fraction of sp³-hybridized carbons (Fsp3) is 0.917. The van der Waals surface area contributed by atoms with Crippen LogP contribution in [0.15, 0.2) is 0 Å². The number of hydrogen-bond acceptors (Lipinski definition) is 4. The highest BCUT2D eigenvalue weighted by Gasteiger charge is 2.29. The van der Waals surface area contributed by atoms with Crippen LogP contribution in [0.2, 0.25) is 0 Å². The van der Waals surface area contributed by atoms with Crippen molar-refractivity contribution < 1.29 is 9.53 Å². The smallest absolute Gasteiger partial charge is 0.312 e. The molecule has 94 valence electrons. The second-order valence-electron chi connectivity index (χ2n) is 5.36. The van der Waals surface area contributed by atoms with Crippen molar-refractivity contribution in [3.05, 3.63) is 0 Å². The molecule has 1 heterocycles. The Morgan fingerprint density at radius 3 is 2.81 bits per heavy atom. The Bertz CT molecular complexity index is 241. The van der Waals surface area contributed by atoms with Gasteiger partial charge >= 0.3 is 5.97 Å².